The van der Waals surface area contributed by atoms with E-state index in [1.54, 1.807) is 12.4 Å². The summed E-state index contributed by atoms with van der Waals surface area (Å²) in [4.78, 5) is 18.7. The van der Waals surface area contributed by atoms with Crippen LogP contribution in [0.5, 0.6) is 0 Å². The van der Waals surface area contributed by atoms with Gasteiger partial charge in [0.05, 0.1) is 12.6 Å². The number of H-pyrrole nitrogens is 1. The van der Waals surface area contributed by atoms with Crippen LogP contribution in [0.25, 0.3) is 0 Å². The fourth-order valence-corrected chi connectivity index (χ4v) is 1.66. The summed E-state index contributed by atoms with van der Waals surface area (Å²) in [6.07, 6.45) is 3.89. The molecule has 1 unspecified atom stereocenters. The van der Waals surface area contributed by atoms with Crippen molar-refractivity contribution in [1.29, 1.82) is 0 Å². The molecule has 0 saturated heterocycles. The number of aromatic amines is 1. The molecule has 0 aliphatic heterocycles. The number of aromatic nitrogens is 2. The van der Waals surface area contributed by atoms with Crippen LogP contribution in [0.3, 0.4) is 0 Å². The van der Waals surface area contributed by atoms with Gasteiger partial charge in [0, 0.05) is 12.4 Å². The quantitative estimate of drug-likeness (QED) is 0.720. The summed E-state index contributed by atoms with van der Waals surface area (Å²) in [5, 5.41) is 2.75. The molecule has 1 aromatic heterocycles. The monoisotopic (exact) mass is 244 g/mol. The third-order valence-electron chi connectivity index (χ3n) is 2.62. The van der Waals surface area contributed by atoms with E-state index >= 15 is 0 Å². The summed E-state index contributed by atoms with van der Waals surface area (Å²) in [7, 11) is 0. The zero-order chi connectivity index (χ0) is 12.8. The highest BCUT2D eigenvalue weighted by molar-refractivity contribution is 5.81. The molecule has 0 spiro atoms. The number of amides is 1. The third-order valence-corrected chi connectivity index (χ3v) is 2.62. The molecule has 1 heterocycles. The molecule has 1 aromatic carbocycles. The van der Waals surface area contributed by atoms with Gasteiger partial charge in [0.25, 0.3) is 0 Å². The van der Waals surface area contributed by atoms with Crippen molar-refractivity contribution in [1.82, 2.24) is 15.3 Å². The molecular formula is C13H16N4O. The molecule has 0 radical (unpaired) electrons. The number of nitrogens with one attached hydrogen (secondary N) is 2. The number of benzene rings is 1. The molecule has 2 rings (SSSR count). The number of hydrogen-bond acceptors (Lipinski definition) is 3. The number of carbonyl (C=O) groups excluding carboxylic acids is 1. The minimum atomic E-state index is -0.539. The average molecular weight is 244 g/mol. The molecule has 0 aliphatic rings. The number of hydrogen-bond donors (Lipinski definition) is 3. The number of imidazole rings is 1. The first kappa shape index (κ1) is 12.3. The van der Waals surface area contributed by atoms with Gasteiger partial charge in [-0.05, 0) is 12.0 Å². The third kappa shape index (κ3) is 3.43. The number of nitrogens with zero attached hydrogens (tertiary/aromatic N) is 1. The van der Waals surface area contributed by atoms with Gasteiger partial charge in [-0.25, -0.2) is 4.98 Å². The van der Waals surface area contributed by atoms with Crippen LogP contribution in [0, 0.1) is 0 Å². The van der Waals surface area contributed by atoms with Crippen LogP contribution in [-0.2, 0) is 17.8 Å². The van der Waals surface area contributed by atoms with Gasteiger partial charge in [-0.15, -0.1) is 0 Å². The minimum Gasteiger partial charge on any atom is -0.348 e. The normalized spacial score (nSPS) is 12.1. The Hall–Kier alpha value is -2.14. The van der Waals surface area contributed by atoms with Gasteiger partial charge in [0.15, 0.2) is 0 Å². The Balaban J connectivity index is 1.82. The summed E-state index contributed by atoms with van der Waals surface area (Å²) in [5.41, 5.74) is 6.90. The van der Waals surface area contributed by atoms with Gasteiger partial charge in [0.1, 0.15) is 5.82 Å². The van der Waals surface area contributed by atoms with E-state index in [9.17, 15) is 4.79 Å². The standard InChI is InChI=1S/C13H16N4O/c14-11(8-10-4-2-1-3-5-10)13(18)17-9-12-15-6-7-16-12/h1-7,11H,8-9,14H2,(H,15,16)(H,17,18). The van der Waals surface area contributed by atoms with Gasteiger partial charge in [-0.3, -0.25) is 4.79 Å². The Labute approximate surface area is 105 Å². The summed E-state index contributed by atoms with van der Waals surface area (Å²) in [6.45, 7) is 0.369. The van der Waals surface area contributed by atoms with Crippen LogP contribution in [0.15, 0.2) is 42.7 Å². The lowest BCUT2D eigenvalue weighted by Gasteiger charge is -2.11. The maximum absolute atomic E-state index is 11.8. The molecule has 1 amide bonds. The maximum Gasteiger partial charge on any atom is 0.237 e. The maximum atomic E-state index is 11.8. The lowest BCUT2D eigenvalue weighted by molar-refractivity contribution is -0.122. The van der Waals surface area contributed by atoms with E-state index in [1.165, 1.54) is 0 Å². The van der Waals surface area contributed by atoms with E-state index in [4.69, 9.17) is 5.73 Å². The van der Waals surface area contributed by atoms with E-state index in [0.29, 0.717) is 13.0 Å². The molecule has 4 N–H and O–H groups in total. The molecule has 1 atom stereocenters. The predicted molar refractivity (Wildman–Crippen MR) is 68.6 cm³/mol. The summed E-state index contributed by atoms with van der Waals surface area (Å²) in [6, 6.07) is 9.18. The summed E-state index contributed by atoms with van der Waals surface area (Å²) in [5.74, 6) is 0.547. The van der Waals surface area contributed by atoms with Crippen molar-refractivity contribution in [2.24, 2.45) is 5.73 Å². The fraction of sp³-hybridized carbons (Fsp3) is 0.231. The highest BCUT2D eigenvalue weighted by Crippen LogP contribution is 2.02. The first-order chi connectivity index (χ1) is 8.75. The molecular weight excluding hydrogens is 228 g/mol. The largest absolute Gasteiger partial charge is 0.348 e. The lowest BCUT2D eigenvalue weighted by Crippen LogP contribution is -2.41. The van der Waals surface area contributed by atoms with E-state index < -0.39 is 6.04 Å². The molecule has 18 heavy (non-hydrogen) atoms. The second kappa shape index (κ2) is 5.97. The van der Waals surface area contributed by atoms with Gasteiger partial charge in [-0.2, -0.15) is 0 Å². The van der Waals surface area contributed by atoms with Gasteiger partial charge >= 0.3 is 0 Å². The summed E-state index contributed by atoms with van der Waals surface area (Å²) < 4.78 is 0. The van der Waals surface area contributed by atoms with Crippen LogP contribution in [-0.4, -0.2) is 21.9 Å². The first-order valence-corrected chi connectivity index (χ1v) is 5.81. The number of nitrogens with two attached hydrogens (primary N) is 1. The summed E-state index contributed by atoms with van der Waals surface area (Å²) >= 11 is 0. The first-order valence-electron chi connectivity index (χ1n) is 5.81. The highest BCUT2D eigenvalue weighted by atomic mass is 16.2. The van der Waals surface area contributed by atoms with Crippen LogP contribution in [0.2, 0.25) is 0 Å². The predicted octanol–water partition coefficient (Wildman–Crippen LogP) is 0.596. The SMILES string of the molecule is NC(Cc1ccccc1)C(=O)NCc1ncc[nH]1. The van der Waals surface area contributed by atoms with E-state index in [0.717, 1.165) is 11.4 Å². The zero-order valence-electron chi connectivity index (χ0n) is 9.97. The van der Waals surface area contributed by atoms with E-state index in [-0.39, 0.29) is 5.91 Å². The van der Waals surface area contributed by atoms with Crippen molar-refractivity contribution >= 4 is 5.91 Å². The van der Waals surface area contributed by atoms with Crippen LogP contribution in [0.4, 0.5) is 0 Å². The fourth-order valence-electron chi connectivity index (χ4n) is 1.66. The average Bonchev–Trinajstić information content (AvgIpc) is 2.90. The second-order valence-electron chi connectivity index (χ2n) is 4.05. The topological polar surface area (TPSA) is 83.8 Å². The van der Waals surface area contributed by atoms with Crippen molar-refractivity contribution in [3.8, 4) is 0 Å². The molecule has 0 bridgehead atoms. The number of carbonyl (C=O) groups is 1. The van der Waals surface area contributed by atoms with Crippen molar-refractivity contribution in [2.45, 2.75) is 19.0 Å². The van der Waals surface area contributed by atoms with Crippen molar-refractivity contribution in [3.63, 3.8) is 0 Å². The van der Waals surface area contributed by atoms with Crippen LogP contribution in [0.1, 0.15) is 11.4 Å². The van der Waals surface area contributed by atoms with E-state index in [1.807, 2.05) is 30.3 Å². The van der Waals surface area contributed by atoms with Gasteiger partial charge < -0.3 is 16.0 Å². The highest BCUT2D eigenvalue weighted by Gasteiger charge is 2.13. The van der Waals surface area contributed by atoms with Crippen LogP contribution >= 0.6 is 0 Å². The van der Waals surface area contributed by atoms with Gasteiger partial charge in [-0.1, -0.05) is 30.3 Å². The molecule has 0 saturated carbocycles. The minimum absolute atomic E-state index is 0.171. The molecule has 5 nitrogen and oxygen atoms in total. The Bertz CT molecular complexity index is 481. The van der Waals surface area contributed by atoms with Crippen LogP contribution < -0.4 is 11.1 Å². The Morgan fingerprint density at radius 3 is 2.83 bits per heavy atom. The Morgan fingerprint density at radius 1 is 1.39 bits per heavy atom. The van der Waals surface area contributed by atoms with Gasteiger partial charge in [0.2, 0.25) is 5.91 Å². The van der Waals surface area contributed by atoms with Crippen molar-refractivity contribution in [3.05, 3.63) is 54.1 Å². The smallest absolute Gasteiger partial charge is 0.237 e. The molecule has 0 aliphatic carbocycles. The molecule has 94 valence electrons. The van der Waals surface area contributed by atoms with E-state index in [2.05, 4.69) is 15.3 Å². The Kier molecular flexibility index (Phi) is 4.09. The second-order valence-corrected chi connectivity index (χ2v) is 4.05. The van der Waals surface area contributed by atoms with Crippen molar-refractivity contribution in [2.75, 3.05) is 0 Å². The number of rotatable bonds is 5. The molecule has 5 heteroatoms. The van der Waals surface area contributed by atoms with Crippen molar-refractivity contribution < 1.29 is 4.79 Å². The Morgan fingerprint density at radius 2 is 2.17 bits per heavy atom. The lowest BCUT2D eigenvalue weighted by atomic mass is 10.1. The molecule has 2 aromatic rings. The molecule has 0 fully saturated rings. The zero-order valence-corrected chi connectivity index (χ0v) is 9.97.